The SMILES string of the molecule is CCCNCc1cnn(CCS(=O)(=O)CC)c1C(F)F. The molecular weight excluding hydrogens is 288 g/mol. The monoisotopic (exact) mass is 309 g/mol. The molecule has 0 unspecified atom stereocenters. The number of rotatable bonds is 9. The summed E-state index contributed by atoms with van der Waals surface area (Å²) in [5.74, 6) is -0.171. The van der Waals surface area contributed by atoms with Gasteiger partial charge in [0.15, 0.2) is 9.84 Å². The van der Waals surface area contributed by atoms with Gasteiger partial charge >= 0.3 is 0 Å². The highest BCUT2D eigenvalue weighted by molar-refractivity contribution is 7.91. The van der Waals surface area contributed by atoms with Crippen LogP contribution in [0.4, 0.5) is 8.78 Å². The highest BCUT2D eigenvalue weighted by atomic mass is 32.2. The van der Waals surface area contributed by atoms with Crippen LogP contribution in [0.15, 0.2) is 6.20 Å². The van der Waals surface area contributed by atoms with Crippen molar-refractivity contribution in [3.63, 3.8) is 0 Å². The lowest BCUT2D eigenvalue weighted by Gasteiger charge is -2.09. The van der Waals surface area contributed by atoms with Crippen molar-refractivity contribution in [3.8, 4) is 0 Å². The zero-order chi connectivity index (χ0) is 15.2. The molecule has 0 spiro atoms. The molecule has 1 aromatic rings. The summed E-state index contributed by atoms with van der Waals surface area (Å²) in [5, 5.41) is 6.92. The summed E-state index contributed by atoms with van der Waals surface area (Å²) in [5.41, 5.74) is 0.224. The molecule has 1 heterocycles. The first-order chi connectivity index (χ1) is 9.41. The Morgan fingerprint density at radius 2 is 2.10 bits per heavy atom. The molecule has 1 rings (SSSR count). The van der Waals surface area contributed by atoms with Gasteiger partial charge in [0.05, 0.1) is 18.5 Å². The average Bonchev–Trinajstić information content (AvgIpc) is 2.80. The molecule has 5 nitrogen and oxygen atoms in total. The van der Waals surface area contributed by atoms with Crippen LogP contribution in [0.2, 0.25) is 0 Å². The number of hydrogen-bond acceptors (Lipinski definition) is 4. The number of sulfone groups is 1. The van der Waals surface area contributed by atoms with Gasteiger partial charge in [-0.3, -0.25) is 4.68 Å². The van der Waals surface area contributed by atoms with Gasteiger partial charge in [-0.05, 0) is 13.0 Å². The first-order valence-corrected chi connectivity index (χ1v) is 8.47. The Morgan fingerprint density at radius 3 is 2.65 bits per heavy atom. The Bertz CT molecular complexity index is 515. The van der Waals surface area contributed by atoms with E-state index >= 15 is 0 Å². The van der Waals surface area contributed by atoms with Crippen LogP contribution in [0.3, 0.4) is 0 Å². The fourth-order valence-electron chi connectivity index (χ4n) is 1.77. The Kier molecular flexibility index (Phi) is 6.54. The van der Waals surface area contributed by atoms with E-state index in [2.05, 4.69) is 10.4 Å². The number of nitrogens with zero attached hydrogens (tertiary/aromatic N) is 2. The van der Waals surface area contributed by atoms with Crippen molar-refractivity contribution < 1.29 is 17.2 Å². The lowest BCUT2D eigenvalue weighted by atomic mass is 10.2. The van der Waals surface area contributed by atoms with Gasteiger partial charge in [0.1, 0.15) is 5.69 Å². The summed E-state index contributed by atoms with van der Waals surface area (Å²) in [6, 6.07) is 0. The van der Waals surface area contributed by atoms with Crippen LogP contribution in [0, 0.1) is 0 Å². The maximum absolute atomic E-state index is 13.1. The van der Waals surface area contributed by atoms with E-state index < -0.39 is 16.3 Å². The van der Waals surface area contributed by atoms with Crippen molar-refractivity contribution in [2.45, 2.75) is 39.8 Å². The molecule has 0 aliphatic heterocycles. The minimum absolute atomic E-state index is 0.00317. The number of halogens is 2. The van der Waals surface area contributed by atoms with Crippen molar-refractivity contribution in [3.05, 3.63) is 17.5 Å². The number of hydrogen-bond donors (Lipinski definition) is 1. The molecule has 0 bridgehead atoms. The van der Waals surface area contributed by atoms with Crippen LogP contribution in [0.1, 0.15) is 38.0 Å². The summed E-state index contributed by atoms with van der Waals surface area (Å²) in [7, 11) is -3.19. The van der Waals surface area contributed by atoms with Crippen LogP contribution in [0.25, 0.3) is 0 Å². The molecule has 1 N–H and O–H groups in total. The van der Waals surface area contributed by atoms with Crippen molar-refractivity contribution in [2.75, 3.05) is 18.1 Å². The molecule has 0 saturated heterocycles. The molecule has 0 radical (unpaired) electrons. The van der Waals surface area contributed by atoms with Crippen LogP contribution < -0.4 is 5.32 Å². The Hall–Kier alpha value is -1.02. The maximum Gasteiger partial charge on any atom is 0.280 e. The van der Waals surface area contributed by atoms with Gasteiger partial charge in [-0.1, -0.05) is 13.8 Å². The maximum atomic E-state index is 13.1. The fraction of sp³-hybridized carbons (Fsp3) is 0.750. The highest BCUT2D eigenvalue weighted by Crippen LogP contribution is 2.23. The van der Waals surface area contributed by atoms with Gasteiger partial charge in [0.25, 0.3) is 6.43 Å². The number of nitrogens with one attached hydrogen (secondary N) is 1. The third-order valence-electron chi connectivity index (χ3n) is 2.96. The predicted molar refractivity (Wildman–Crippen MR) is 73.5 cm³/mol. The van der Waals surface area contributed by atoms with Gasteiger partial charge in [0, 0.05) is 17.9 Å². The molecule has 0 aliphatic rings. The minimum Gasteiger partial charge on any atom is -0.313 e. The van der Waals surface area contributed by atoms with Gasteiger partial charge in [-0.25, -0.2) is 17.2 Å². The normalized spacial score (nSPS) is 12.2. The van der Waals surface area contributed by atoms with Crippen LogP contribution in [0.5, 0.6) is 0 Å². The number of aromatic nitrogens is 2. The Morgan fingerprint density at radius 1 is 1.40 bits per heavy atom. The first-order valence-electron chi connectivity index (χ1n) is 6.65. The summed E-state index contributed by atoms with van der Waals surface area (Å²) < 4.78 is 50.1. The second-order valence-corrected chi connectivity index (χ2v) is 6.96. The second kappa shape index (κ2) is 7.68. The zero-order valence-corrected chi connectivity index (χ0v) is 12.6. The fourth-order valence-corrected chi connectivity index (χ4v) is 2.51. The molecule has 0 aromatic carbocycles. The molecule has 0 amide bonds. The Labute approximate surface area is 118 Å². The smallest absolute Gasteiger partial charge is 0.280 e. The third-order valence-corrected chi connectivity index (χ3v) is 4.65. The molecule has 0 saturated carbocycles. The lowest BCUT2D eigenvalue weighted by molar-refractivity contribution is 0.138. The van der Waals surface area contributed by atoms with Crippen molar-refractivity contribution in [2.24, 2.45) is 0 Å². The van der Waals surface area contributed by atoms with E-state index in [9.17, 15) is 17.2 Å². The van der Waals surface area contributed by atoms with Crippen LogP contribution in [-0.2, 0) is 22.9 Å². The molecule has 0 aliphatic carbocycles. The minimum atomic E-state index is -3.19. The molecule has 20 heavy (non-hydrogen) atoms. The summed E-state index contributed by atoms with van der Waals surface area (Å²) in [6.07, 6.45) is -0.379. The van der Waals surface area contributed by atoms with Gasteiger partial charge < -0.3 is 5.32 Å². The standard InChI is InChI=1S/C12H21F2N3O2S/c1-3-5-15-8-10-9-16-17(11(10)12(13)14)6-7-20(18,19)4-2/h9,12,15H,3-8H2,1-2H3. The summed E-state index contributed by atoms with van der Waals surface area (Å²) >= 11 is 0. The third kappa shape index (κ3) is 4.82. The number of alkyl halides is 2. The molecular formula is C12H21F2N3O2S. The summed E-state index contributed by atoms with van der Waals surface area (Å²) in [6.45, 7) is 4.53. The molecule has 0 fully saturated rings. The second-order valence-electron chi connectivity index (χ2n) is 4.49. The van der Waals surface area contributed by atoms with Gasteiger partial charge in [-0.2, -0.15) is 5.10 Å². The van der Waals surface area contributed by atoms with Crippen molar-refractivity contribution in [1.82, 2.24) is 15.1 Å². The highest BCUT2D eigenvalue weighted by Gasteiger charge is 2.20. The van der Waals surface area contributed by atoms with E-state index in [1.54, 1.807) is 0 Å². The molecule has 0 atom stereocenters. The van der Waals surface area contributed by atoms with Gasteiger partial charge in [0.2, 0.25) is 0 Å². The predicted octanol–water partition coefficient (Wildman–Crippen LogP) is 1.76. The van der Waals surface area contributed by atoms with Crippen LogP contribution in [-0.4, -0.2) is 36.2 Å². The quantitative estimate of drug-likeness (QED) is 0.706. The first kappa shape index (κ1) is 17.0. The van der Waals surface area contributed by atoms with E-state index in [1.807, 2.05) is 6.92 Å². The molecule has 116 valence electrons. The largest absolute Gasteiger partial charge is 0.313 e. The molecule has 8 heteroatoms. The van der Waals surface area contributed by atoms with Crippen LogP contribution >= 0.6 is 0 Å². The van der Waals surface area contributed by atoms with E-state index in [0.717, 1.165) is 17.6 Å². The van der Waals surface area contributed by atoms with E-state index in [4.69, 9.17) is 0 Å². The lowest BCUT2D eigenvalue weighted by Crippen LogP contribution is -2.18. The summed E-state index contributed by atoms with van der Waals surface area (Å²) in [4.78, 5) is 0. The van der Waals surface area contributed by atoms with Crippen molar-refractivity contribution in [1.29, 1.82) is 0 Å². The van der Waals surface area contributed by atoms with Gasteiger partial charge in [-0.15, -0.1) is 0 Å². The Balaban J connectivity index is 2.81. The zero-order valence-electron chi connectivity index (χ0n) is 11.8. The van der Waals surface area contributed by atoms with E-state index in [1.165, 1.54) is 13.1 Å². The van der Waals surface area contributed by atoms with E-state index in [0.29, 0.717) is 12.1 Å². The number of aryl methyl sites for hydroxylation is 1. The van der Waals surface area contributed by atoms with Crippen molar-refractivity contribution >= 4 is 9.84 Å². The van der Waals surface area contributed by atoms with E-state index in [-0.39, 0.29) is 23.7 Å². The topological polar surface area (TPSA) is 64.0 Å². The average molecular weight is 309 g/mol. The molecule has 1 aromatic heterocycles.